The van der Waals surface area contributed by atoms with Gasteiger partial charge in [0.2, 0.25) is 0 Å². The van der Waals surface area contributed by atoms with Crippen molar-refractivity contribution in [3.05, 3.63) is 42.1 Å². The van der Waals surface area contributed by atoms with Gasteiger partial charge in [-0.15, -0.1) is 0 Å². The second-order valence-electron chi connectivity index (χ2n) is 7.37. The van der Waals surface area contributed by atoms with Crippen LogP contribution in [0.25, 0.3) is 22.0 Å². The van der Waals surface area contributed by atoms with E-state index in [0.29, 0.717) is 5.69 Å². The van der Waals surface area contributed by atoms with E-state index in [1.54, 1.807) is 19.3 Å². The SMILES string of the molecule is CC(=O)c1nn(CC(C)(C)C)c2ccc(-c3cnc(C)nc3)cc12. The molecule has 0 unspecified atom stereocenters. The number of carbonyl (C=O) groups is 1. The summed E-state index contributed by atoms with van der Waals surface area (Å²) in [5.74, 6) is 0.715. The highest BCUT2D eigenvalue weighted by Gasteiger charge is 2.19. The van der Waals surface area contributed by atoms with Crippen LogP contribution in [0.1, 0.15) is 44.0 Å². The van der Waals surface area contributed by atoms with Crippen molar-refractivity contribution in [3.8, 4) is 11.1 Å². The van der Waals surface area contributed by atoms with E-state index in [-0.39, 0.29) is 11.2 Å². The molecule has 0 aliphatic carbocycles. The smallest absolute Gasteiger partial charge is 0.180 e. The first-order chi connectivity index (χ1) is 11.2. The van der Waals surface area contributed by atoms with Crippen LogP contribution in [-0.4, -0.2) is 25.5 Å². The first-order valence-electron chi connectivity index (χ1n) is 8.05. The molecule has 0 aliphatic rings. The Hall–Kier alpha value is -2.56. The van der Waals surface area contributed by atoms with Crippen LogP contribution in [-0.2, 0) is 6.54 Å². The highest BCUT2D eigenvalue weighted by molar-refractivity contribution is 6.05. The number of rotatable bonds is 3. The lowest BCUT2D eigenvalue weighted by atomic mass is 9.97. The molecule has 0 spiro atoms. The van der Waals surface area contributed by atoms with Crippen LogP contribution in [0.15, 0.2) is 30.6 Å². The summed E-state index contributed by atoms with van der Waals surface area (Å²) < 4.78 is 1.93. The van der Waals surface area contributed by atoms with Crippen molar-refractivity contribution in [2.75, 3.05) is 0 Å². The van der Waals surface area contributed by atoms with Gasteiger partial charge in [0.1, 0.15) is 11.5 Å². The van der Waals surface area contributed by atoms with Gasteiger partial charge in [-0.25, -0.2) is 9.97 Å². The fourth-order valence-corrected chi connectivity index (χ4v) is 2.73. The van der Waals surface area contributed by atoms with Crippen molar-refractivity contribution in [1.82, 2.24) is 19.7 Å². The summed E-state index contributed by atoms with van der Waals surface area (Å²) in [4.78, 5) is 20.5. The van der Waals surface area contributed by atoms with Gasteiger partial charge < -0.3 is 0 Å². The van der Waals surface area contributed by atoms with Crippen molar-refractivity contribution in [1.29, 1.82) is 0 Å². The number of aromatic nitrogens is 4. The topological polar surface area (TPSA) is 60.7 Å². The van der Waals surface area contributed by atoms with Gasteiger partial charge in [-0.2, -0.15) is 5.10 Å². The largest absolute Gasteiger partial charge is 0.293 e. The molecule has 2 heterocycles. The molecule has 124 valence electrons. The number of hydrogen-bond acceptors (Lipinski definition) is 4. The van der Waals surface area contributed by atoms with E-state index in [1.165, 1.54) is 0 Å². The van der Waals surface area contributed by atoms with Gasteiger partial charge in [0.05, 0.1) is 5.52 Å². The number of Topliss-reactive ketones (excluding diaryl/α,β-unsaturated/α-hetero) is 1. The molecular formula is C19H22N4O. The van der Waals surface area contributed by atoms with Gasteiger partial charge in [0.25, 0.3) is 0 Å². The maximum absolute atomic E-state index is 12.0. The molecule has 3 aromatic rings. The standard InChI is InChI=1S/C19H22N4O/c1-12(24)18-16-8-14(15-9-20-13(2)21-10-15)6-7-17(16)23(22-18)11-19(3,4)5/h6-10H,11H2,1-5H3. The number of nitrogens with zero attached hydrogens (tertiary/aromatic N) is 4. The Bertz CT molecular complexity index is 902. The summed E-state index contributed by atoms with van der Waals surface area (Å²) in [6.45, 7) is 10.6. The van der Waals surface area contributed by atoms with Crippen LogP contribution in [0.2, 0.25) is 0 Å². The molecule has 0 saturated heterocycles. The Morgan fingerprint density at radius 2 is 1.79 bits per heavy atom. The first kappa shape index (κ1) is 16.3. The third-order valence-electron chi connectivity index (χ3n) is 3.82. The Morgan fingerprint density at radius 1 is 1.12 bits per heavy atom. The Balaban J connectivity index is 2.16. The van der Waals surface area contributed by atoms with Gasteiger partial charge in [-0.3, -0.25) is 9.48 Å². The number of carbonyl (C=O) groups excluding carboxylic acids is 1. The molecule has 0 amide bonds. The number of fused-ring (bicyclic) bond motifs is 1. The molecule has 3 rings (SSSR count). The molecule has 0 radical (unpaired) electrons. The number of ketones is 1. The maximum atomic E-state index is 12.0. The van der Waals surface area contributed by atoms with Crippen LogP contribution < -0.4 is 0 Å². The fraction of sp³-hybridized carbons (Fsp3) is 0.368. The summed E-state index contributed by atoms with van der Waals surface area (Å²) in [5, 5.41) is 5.44. The van der Waals surface area contributed by atoms with Gasteiger partial charge in [-0.05, 0) is 30.0 Å². The molecule has 2 aromatic heterocycles. The molecule has 0 bridgehead atoms. The molecule has 0 N–H and O–H groups in total. The maximum Gasteiger partial charge on any atom is 0.180 e. The van der Waals surface area contributed by atoms with Crippen molar-refractivity contribution >= 4 is 16.7 Å². The summed E-state index contributed by atoms with van der Waals surface area (Å²) in [6.07, 6.45) is 3.60. The van der Waals surface area contributed by atoms with E-state index < -0.39 is 0 Å². The molecule has 1 aromatic carbocycles. The Morgan fingerprint density at radius 3 is 2.38 bits per heavy atom. The molecular weight excluding hydrogens is 300 g/mol. The Kier molecular flexibility index (Phi) is 3.95. The zero-order valence-corrected chi connectivity index (χ0v) is 14.8. The molecule has 0 atom stereocenters. The monoisotopic (exact) mass is 322 g/mol. The van der Waals surface area contributed by atoms with Crippen molar-refractivity contribution in [3.63, 3.8) is 0 Å². The van der Waals surface area contributed by atoms with Crippen molar-refractivity contribution in [2.45, 2.75) is 41.2 Å². The average molecular weight is 322 g/mol. The van der Waals surface area contributed by atoms with Crippen molar-refractivity contribution in [2.24, 2.45) is 5.41 Å². The quantitative estimate of drug-likeness (QED) is 0.683. The first-order valence-corrected chi connectivity index (χ1v) is 8.05. The summed E-state index contributed by atoms with van der Waals surface area (Å²) in [5.41, 5.74) is 3.49. The van der Waals surface area contributed by atoms with Crippen LogP contribution in [0.4, 0.5) is 0 Å². The zero-order valence-electron chi connectivity index (χ0n) is 14.8. The van der Waals surface area contributed by atoms with Crippen LogP contribution in [0, 0.1) is 12.3 Å². The van der Waals surface area contributed by atoms with E-state index >= 15 is 0 Å². The third-order valence-corrected chi connectivity index (χ3v) is 3.82. The van der Waals surface area contributed by atoms with Crippen molar-refractivity contribution < 1.29 is 4.79 Å². The highest BCUT2D eigenvalue weighted by Crippen LogP contribution is 2.28. The number of aryl methyl sites for hydroxylation is 1. The molecule has 24 heavy (non-hydrogen) atoms. The van der Waals surface area contributed by atoms with E-state index in [2.05, 4.69) is 35.8 Å². The van der Waals surface area contributed by atoms with Crippen LogP contribution in [0.3, 0.4) is 0 Å². The van der Waals surface area contributed by atoms with Gasteiger partial charge >= 0.3 is 0 Å². The van der Waals surface area contributed by atoms with Gasteiger partial charge in [-0.1, -0.05) is 26.8 Å². The van der Waals surface area contributed by atoms with Gasteiger partial charge in [0, 0.05) is 36.8 Å². The van der Waals surface area contributed by atoms with Gasteiger partial charge in [0.15, 0.2) is 5.78 Å². The summed E-state index contributed by atoms with van der Waals surface area (Å²) in [6, 6.07) is 6.06. The second kappa shape index (κ2) is 5.82. The normalized spacial score (nSPS) is 11.9. The lowest BCUT2D eigenvalue weighted by molar-refractivity contribution is 0.101. The highest BCUT2D eigenvalue weighted by atomic mass is 16.1. The van der Waals surface area contributed by atoms with E-state index in [1.807, 2.05) is 29.8 Å². The Labute approximate surface area is 141 Å². The fourth-order valence-electron chi connectivity index (χ4n) is 2.73. The van der Waals surface area contributed by atoms with E-state index in [9.17, 15) is 4.79 Å². The minimum atomic E-state index is -0.0232. The zero-order chi connectivity index (χ0) is 17.5. The molecule has 0 aliphatic heterocycles. The second-order valence-corrected chi connectivity index (χ2v) is 7.37. The predicted octanol–water partition coefficient (Wildman–Crippen LogP) is 4.05. The predicted molar refractivity (Wildman–Crippen MR) is 95.0 cm³/mol. The number of hydrogen-bond donors (Lipinski definition) is 0. The molecule has 0 fully saturated rings. The molecule has 5 nitrogen and oxygen atoms in total. The van der Waals surface area contributed by atoms with Crippen LogP contribution in [0.5, 0.6) is 0 Å². The number of benzene rings is 1. The minimum absolute atomic E-state index is 0.0232. The van der Waals surface area contributed by atoms with E-state index in [0.717, 1.165) is 34.4 Å². The molecule has 5 heteroatoms. The average Bonchev–Trinajstić information content (AvgIpc) is 2.84. The van der Waals surface area contributed by atoms with Crippen LogP contribution >= 0.6 is 0 Å². The summed E-state index contributed by atoms with van der Waals surface area (Å²) >= 11 is 0. The minimum Gasteiger partial charge on any atom is -0.293 e. The third kappa shape index (κ3) is 3.20. The lowest BCUT2D eigenvalue weighted by Crippen LogP contribution is -2.16. The summed E-state index contributed by atoms with van der Waals surface area (Å²) in [7, 11) is 0. The lowest BCUT2D eigenvalue weighted by Gasteiger charge is -2.18. The molecule has 0 saturated carbocycles. The van der Waals surface area contributed by atoms with E-state index in [4.69, 9.17) is 0 Å².